The molecule has 0 radical (unpaired) electrons. The molecule has 2 unspecified atom stereocenters. The van der Waals surface area contributed by atoms with Crippen molar-refractivity contribution in [2.24, 2.45) is 5.92 Å². The van der Waals surface area contributed by atoms with Crippen molar-refractivity contribution in [3.8, 4) is 0 Å². The lowest BCUT2D eigenvalue weighted by molar-refractivity contribution is -0.140. The fourth-order valence-corrected chi connectivity index (χ4v) is 2.08. The second-order valence-electron chi connectivity index (χ2n) is 4.04. The van der Waals surface area contributed by atoms with Crippen LogP contribution in [0.25, 0.3) is 0 Å². The van der Waals surface area contributed by atoms with Gasteiger partial charge in [0.1, 0.15) is 6.04 Å². The van der Waals surface area contributed by atoms with Gasteiger partial charge in [0, 0.05) is 12.3 Å². The van der Waals surface area contributed by atoms with Crippen LogP contribution in [0.3, 0.4) is 0 Å². The average molecular weight is 219 g/mol. The first-order valence-electron chi connectivity index (χ1n) is 5.23. The Morgan fingerprint density at radius 3 is 2.69 bits per heavy atom. The number of benzene rings is 1. The van der Waals surface area contributed by atoms with E-state index in [0.717, 1.165) is 5.56 Å². The van der Waals surface area contributed by atoms with Crippen LogP contribution in [0.5, 0.6) is 0 Å². The maximum absolute atomic E-state index is 11.2. The third-order valence-corrected chi connectivity index (χ3v) is 2.84. The Kier molecular flexibility index (Phi) is 2.90. The molecule has 1 heterocycles. The Labute approximate surface area is 93.3 Å². The standard InChI is InChI=1S/C12H13NO3/c14-10-7-9(11(13-10)12(15)16)6-8-4-2-1-3-5-8/h1-5,9,11H,6-7H2,(H,13,14)(H,15,16). The zero-order valence-corrected chi connectivity index (χ0v) is 8.72. The van der Waals surface area contributed by atoms with Crippen molar-refractivity contribution in [3.63, 3.8) is 0 Å². The SMILES string of the molecule is O=C1CC(Cc2ccccc2)C(C(=O)O)N1. The number of carboxylic acids is 1. The summed E-state index contributed by atoms with van der Waals surface area (Å²) in [5.41, 5.74) is 1.07. The van der Waals surface area contributed by atoms with Crippen molar-refractivity contribution in [3.05, 3.63) is 35.9 Å². The van der Waals surface area contributed by atoms with Gasteiger partial charge in [-0.25, -0.2) is 4.79 Å². The molecule has 2 N–H and O–H groups in total. The van der Waals surface area contributed by atoms with Crippen LogP contribution >= 0.6 is 0 Å². The second kappa shape index (κ2) is 4.35. The number of hydrogen-bond donors (Lipinski definition) is 2. The first kappa shape index (κ1) is 10.7. The minimum atomic E-state index is -0.952. The van der Waals surface area contributed by atoms with E-state index in [2.05, 4.69) is 5.32 Å². The molecule has 0 bridgehead atoms. The molecular weight excluding hydrogens is 206 g/mol. The Hall–Kier alpha value is -1.84. The number of nitrogens with one attached hydrogen (secondary N) is 1. The average Bonchev–Trinajstić information content (AvgIpc) is 2.61. The Balaban J connectivity index is 2.09. The topological polar surface area (TPSA) is 66.4 Å². The lowest BCUT2D eigenvalue weighted by Gasteiger charge is -2.14. The van der Waals surface area contributed by atoms with Crippen LogP contribution in [0.4, 0.5) is 0 Å². The molecule has 4 heteroatoms. The summed E-state index contributed by atoms with van der Waals surface area (Å²) in [6.07, 6.45) is 0.919. The molecule has 0 aliphatic carbocycles. The molecular formula is C12H13NO3. The van der Waals surface area contributed by atoms with Crippen molar-refractivity contribution in [1.82, 2.24) is 5.32 Å². The molecule has 1 fully saturated rings. The predicted octanol–water partition coefficient (Wildman–Crippen LogP) is 0.818. The summed E-state index contributed by atoms with van der Waals surface area (Å²) in [4.78, 5) is 22.1. The van der Waals surface area contributed by atoms with Gasteiger partial charge in [0.15, 0.2) is 0 Å². The van der Waals surface area contributed by atoms with Crippen LogP contribution < -0.4 is 5.32 Å². The zero-order valence-electron chi connectivity index (χ0n) is 8.72. The van der Waals surface area contributed by atoms with Gasteiger partial charge < -0.3 is 10.4 Å². The maximum Gasteiger partial charge on any atom is 0.326 e. The maximum atomic E-state index is 11.2. The third-order valence-electron chi connectivity index (χ3n) is 2.84. The van der Waals surface area contributed by atoms with Gasteiger partial charge in [0.25, 0.3) is 0 Å². The number of carbonyl (C=O) groups is 2. The Morgan fingerprint density at radius 2 is 2.06 bits per heavy atom. The summed E-state index contributed by atoms with van der Waals surface area (Å²) >= 11 is 0. The molecule has 0 saturated carbocycles. The summed E-state index contributed by atoms with van der Waals surface area (Å²) < 4.78 is 0. The Bertz CT molecular complexity index is 402. The fraction of sp³-hybridized carbons (Fsp3) is 0.333. The monoisotopic (exact) mass is 219 g/mol. The molecule has 0 aromatic heterocycles. The number of carboxylic acid groups (broad SMARTS) is 1. The van der Waals surface area contributed by atoms with Gasteiger partial charge in [-0.2, -0.15) is 0 Å². The van der Waals surface area contributed by atoms with E-state index in [9.17, 15) is 9.59 Å². The van der Waals surface area contributed by atoms with Gasteiger partial charge in [0.05, 0.1) is 0 Å². The van der Waals surface area contributed by atoms with E-state index in [0.29, 0.717) is 12.8 Å². The summed E-state index contributed by atoms with van der Waals surface area (Å²) in [5.74, 6) is -1.27. The van der Waals surface area contributed by atoms with E-state index in [4.69, 9.17) is 5.11 Å². The molecule has 1 aliphatic rings. The number of amides is 1. The molecule has 4 nitrogen and oxygen atoms in total. The van der Waals surface area contributed by atoms with Crippen LogP contribution in [0, 0.1) is 5.92 Å². The number of rotatable bonds is 3. The van der Waals surface area contributed by atoms with Gasteiger partial charge >= 0.3 is 5.97 Å². The van der Waals surface area contributed by atoms with Crippen LogP contribution in [-0.2, 0) is 16.0 Å². The highest BCUT2D eigenvalue weighted by Crippen LogP contribution is 2.21. The largest absolute Gasteiger partial charge is 0.480 e. The van der Waals surface area contributed by atoms with Crippen molar-refractivity contribution in [2.45, 2.75) is 18.9 Å². The van der Waals surface area contributed by atoms with E-state index in [1.807, 2.05) is 30.3 Å². The summed E-state index contributed by atoms with van der Waals surface area (Å²) in [6.45, 7) is 0. The van der Waals surface area contributed by atoms with Crippen molar-refractivity contribution < 1.29 is 14.7 Å². The van der Waals surface area contributed by atoms with E-state index in [1.165, 1.54) is 0 Å². The normalized spacial score (nSPS) is 24.1. The third kappa shape index (κ3) is 2.21. The van der Waals surface area contributed by atoms with Gasteiger partial charge in [-0.1, -0.05) is 30.3 Å². The predicted molar refractivity (Wildman–Crippen MR) is 57.8 cm³/mol. The quantitative estimate of drug-likeness (QED) is 0.790. The number of hydrogen-bond acceptors (Lipinski definition) is 2. The highest BCUT2D eigenvalue weighted by atomic mass is 16.4. The molecule has 16 heavy (non-hydrogen) atoms. The molecule has 2 rings (SSSR count). The molecule has 1 aliphatic heterocycles. The highest BCUT2D eigenvalue weighted by Gasteiger charge is 2.37. The minimum absolute atomic E-state index is 0.146. The first-order valence-corrected chi connectivity index (χ1v) is 5.23. The molecule has 2 atom stereocenters. The van der Waals surface area contributed by atoms with Crippen LogP contribution in [0.2, 0.25) is 0 Å². The van der Waals surface area contributed by atoms with Gasteiger partial charge in [-0.15, -0.1) is 0 Å². The molecule has 1 amide bonds. The Morgan fingerprint density at radius 1 is 1.38 bits per heavy atom. The van der Waals surface area contributed by atoms with E-state index in [1.54, 1.807) is 0 Å². The minimum Gasteiger partial charge on any atom is -0.480 e. The molecule has 1 aromatic rings. The zero-order chi connectivity index (χ0) is 11.5. The van der Waals surface area contributed by atoms with Gasteiger partial charge in [-0.05, 0) is 12.0 Å². The van der Waals surface area contributed by atoms with Crippen molar-refractivity contribution in [1.29, 1.82) is 0 Å². The summed E-state index contributed by atoms with van der Waals surface area (Å²) in [7, 11) is 0. The van der Waals surface area contributed by atoms with Gasteiger partial charge in [-0.3, -0.25) is 4.79 Å². The molecule has 1 aromatic carbocycles. The smallest absolute Gasteiger partial charge is 0.326 e. The lowest BCUT2D eigenvalue weighted by Crippen LogP contribution is -2.37. The van der Waals surface area contributed by atoms with E-state index >= 15 is 0 Å². The summed E-state index contributed by atoms with van der Waals surface area (Å²) in [5, 5.41) is 11.4. The number of aliphatic carboxylic acids is 1. The first-order chi connectivity index (χ1) is 7.66. The fourth-order valence-electron chi connectivity index (χ4n) is 2.08. The van der Waals surface area contributed by atoms with Crippen molar-refractivity contribution in [2.75, 3.05) is 0 Å². The molecule has 1 saturated heterocycles. The van der Waals surface area contributed by atoms with E-state index < -0.39 is 12.0 Å². The van der Waals surface area contributed by atoms with Gasteiger partial charge in [0.2, 0.25) is 5.91 Å². The van der Waals surface area contributed by atoms with E-state index in [-0.39, 0.29) is 11.8 Å². The van der Waals surface area contributed by atoms with Crippen LogP contribution in [-0.4, -0.2) is 23.0 Å². The second-order valence-corrected chi connectivity index (χ2v) is 4.04. The van der Waals surface area contributed by atoms with Crippen LogP contribution in [0.15, 0.2) is 30.3 Å². The van der Waals surface area contributed by atoms with Crippen molar-refractivity contribution >= 4 is 11.9 Å². The lowest BCUT2D eigenvalue weighted by atomic mass is 9.92. The molecule has 0 spiro atoms. The number of carbonyl (C=O) groups excluding carboxylic acids is 1. The highest BCUT2D eigenvalue weighted by molar-refractivity contribution is 5.88. The molecule has 84 valence electrons. The van der Waals surface area contributed by atoms with Crippen LogP contribution in [0.1, 0.15) is 12.0 Å². The summed E-state index contributed by atoms with van der Waals surface area (Å²) in [6, 6.07) is 8.89.